The lowest BCUT2D eigenvalue weighted by Crippen LogP contribution is -2.27. The van der Waals surface area contributed by atoms with Crippen LogP contribution >= 0.6 is 0 Å². The predicted octanol–water partition coefficient (Wildman–Crippen LogP) is 3.77. The Bertz CT molecular complexity index is 996. The maximum atomic E-state index is 14.4. The van der Waals surface area contributed by atoms with Crippen molar-refractivity contribution in [2.75, 3.05) is 0 Å². The number of benzene rings is 1. The Morgan fingerprint density at radius 3 is 2.68 bits per heavy atom. The van der Waals surface area contributed by atoms with E-state index in [1.807, 2.05) is 10.7 Å². The third-order valence-electron chi connectivity index (χ3n) is 4.85. The minimum absolute atomic E-state index is 0.178. The molecule has 0 aliphatic heterocycles. The first-order valence-corrected chi connectivity index (χ1v) is 9.48. The van der Waals surface area contributed by atoms with Crippen LogP contribution in [-0.2, 0) is 12.1 Å². The molecule has 1 aliphatic rings. The molecule has 1 saturated carbocycles. The number of carbonyl (C=O) groups excluding carboxylic acids is 1. The van der Waals surface area contributed by atoms with Crippen molar-refractivity contribution in [1.82, 2.24) is 24.6 Å². The highest BCUT2D eigenvalue weighted by Gasteiger charge is 2.32. The van der Waals surface area contributed by atoms with Crippen LogP contribution in [0.1, 0.15) is 61.3 Å². The van der Waals surface area contributed by atoms with Gasteiger partial charge in [0.25, 0.3) is 5.91 Å². The first-order chi connectivity index (χ1) is 13.3. The molecule has 146 valence electrons. The molecule has 0 saturated heterocycles. The second-order valence-electron chi connectivity index (χ2n) is 8.25. The van der Waals surface area contributed by atoms with Gasteiger partial charge in [0.15, 0.2) is 0 Å². The Morgan fingerprint density at radius 1 is 1.29 bits per heavy atom. The molecule has 0 bridgehead atoms. The van der Waals surface area contributed by atoms with Crippen molar-refractivity contribution < 1.29 is 9.18 Å². The third-order valence-corrected chi connectivity index (χ3v) is 4.85. The molecule has 2 aromatic heterocycles. The first kappa shape index (κ1) is 18.4. The molecule has 1 aromatic carbocycles. The van der Waals surface area contributed by atoms with Crippen molar-refractivity contribution in [3.8, 4) is 5.69 Å². The molecule has 0 radical (unpaired) electrons. The number of halogens is 1. The van der Waals surface area contributed by atoms with Gasteiger partial charge < -0.3 is 9.88 Å². The zero-order valence-corrected chi connectivity index (χ0v) is 16.3. The third kappa shape index (κ3) is 3.69. The van der Waals surface area contributed by atoms with Crippen LogP contribution in [0.3, 0.4) is 0 Å². The molecule has 4 rings (SSSR count). The van der Waals surface area contributed by atoms with Gasteiger partial charge in [-0.15, -0.1) is 0 Å². The van der Waals surface area contributed by atoms with Gasteiger partial charge in [-0.3, -0.25) is 9.48 Å². The summed E-state index contributed by atoms with van der Waals surface area (Å²) in [6.45, 7) is 6.48. The Hall–Kier alpha value is -2.96. The van der Waals surface area contributed by atoms with Crippen molar-refractivity contribution in [2.45, 2.75) is 51.6 Å². The van der Waals surface area contributed by atoms with E-state index in [9.17, 15) is 9.18 Å². The Morgan fingerprint density at radius 2 is 2.07 bits per heavy atom. The van der Waals surface area contributed by atoms with E-state index < -0.39 is 0 Å². The fourth-order valence-electron chi connectivity index (χ4n) is 3.26. The lowest BCUT2D eigenvalue weighted by atomic mass is 10.1. The molecule has 1 amide bonds. The number of imidazole rings is 1. The Labute approximate surface area is 163 Å². The lowest BCUT2D eigenvalue weighted by Gasteiger charge is -2.22. The average molecular weight is 381 g/mol. The van der Waals surface area contributed by atoms with E-state index in [0.29, 0.717) is 22.9 Å². The number of carbonyl (C=O) groups is 1. The zero-order chi connectivity index (χ0) is 19.9. The maximum Gasteiger partial charge on any atom is 0.272 e. The van der Waals surface area contributed by atoms with Crippen LogP contribution in [0.2, 0.25) is 0 Å². The van der Waals surface area contributed by atoms with Gasteiger partial charge in [-0.25, -0.2) is 9.37 Å². The number of amides is 1. The number of nitrogens with one attached hydrogen (secondary N) is 1. The van der Waals surface area contributed by atoms with Crippen LogP contribution in [0, 0.1) is 5.82 Å². The largest absolute Gasteiger partial charge is 0.347 e. The summed E-state index contributed by atoms with van der Waals surface area (Å²) in [6.07, 6.45) is 7.11. The Balaban J connectivity index is 1.47. The second kappa shape index (κ2) is 6.89. The quantitative estimate of drug-likeness (QED) is 0.732. The van der Waals surface area contributed by atoms with E-state index in [4.69, 9.17) is 0 Å². The van der Waals surface area contributed by atoms with E-state index in [-0.39, 0.29) is 23.8 Å². The number of hydrogen-bond acceptors (Lipinski definition) is 3. The number of aromatic nitrogens is 4. The lowest BCUT2D eigenvalue weighted by molar-refractivity contribution is 0.0944. The van der Waals surface area contributed by atoms with Crippen LogP contribution in [0.4, 0.5) is 4.39 Å². The SMILES string of the molecule is CC(C)(C)n1nc(C(=O)NCc2ccc(-n3ccnc3)c(F)c2)cc1C1CC1. The molecule has 28 heavy (non-hydrogen) atoms. The van der Waals surface area contributed by atoms with Crippen molar-refractivity contribution in [3.05, 3.63) is 65.8 Å². The minimum atomic E-state index is -0.363. The van der Waals surface area contributed by atoms with Gasteiger partial charge in [-0.1, -0.05) is 6.07 Å². The highest BCUT2D eigenvalue weighted by atomic mass is 19.1. The summed E-state index contributed by atoms with van der Waals surface area (Å²) in [5.74, 6) is -0.111. The average Bonchev–Trinajstić information content (AvgIpc) is 3.16. The van der Waals surface area contributed by atoms with Crippen LogP contribution in [0.15, 0.2) is 43.0 Å². The van der Waals surface area contributed by atoms with E-state index in [1.54, 1.807) is 35.4 Å². The summed E-state index contributed by atoms with van der Waals surface area (Å²) in [7, 11) is 0. The standard InChI is InChI=1S/C21H24FN5O/c1-21(2,3)27-19(15-5-6-15)11-17(25-27)20(28)24-12-14-4-7-18(16(22)10-14)26-9-8-23-13-26/h4,7-11,13,15H,5-6,12H2,1-3H3,(H,24,28). The first-order valence-electron chi connectivity index (χ1n) is 9.48. The predicted molar refractivity (Wildman–Crippen MR) is 104 cm³/mol. The number of nitrogens with zero attached hydrogens (tertiary/aromatic N) is 4. The number of rotatable bonds is 5. The molecule has 0 unspecified atom stereocenters. The second-order valence-corrected chi connectivity index (χ2v) is 8.25. The summed E-state index contributed by atoms with van der Waals surface area (Å²) >= 11 is 0. The number of hydrogen-bond donors (Lipinski definition) is 1. The van der Waals surface area contributed by atoms with E-state index in [1.165, 1.54) is 6.07 Å². The van der Waals surface area contributed by atoms with Gasteiger partial charge in [0.05, 0.1) is 17.6 Å². The molecule has 6 nitrogen and oxygen atoms in total. The van der Waals surface area contributed by atoms with Crippen LogP contribution in [0.5, 0.6) is 0 Å². The normalized spacial score (nSPS) is 14.3. The monoisotopic (exact) mass is 381 g/mol. The molecule has 3 aromatic rings. The Kier molecular flexibility index (Phi) is 4.53. The molecule has 1 fully saturated rings. The van der Waals surface area contributed by atoms with Gasteiger partial charge in [-0.05, 0) is 57.4 Å². The molecule has 7 heteroatoms. The smallest absolute Gasteiger partial charge is 0.272 e. The highest BCUT2D eigenvalue weighted by Crippen LogP contribution is 2.41. The molecular weight excluding hydrogens is 357 g/mol. The summed E-state index contributed by atoms with van der Waals surface area (Å²) in [5, 5.41) is 7.39. The van der Waals surface area contributed by atoms with Crippen molar-refractivity contribution in [3.63, 3.8) is 0 Å². The maximum absolute atomic E-state index is 14.4. The van der Waals surface area contributed by atoms with E-state index in [0.717, 1.165) is 18.5 Å². The summed E-state index contributed by atoms with van der Waals surface area (Å²) in [4.78, 5) is 16.5. The van der Waals surface area contributed by atoms with E-state index >= 15 is 0 Å². The minimum Gasteiger partial charge on any atom is -0.347 e. The van der Waals surface area contributed by atoms with Crippen molar-refractivity contribution in [2.24, 2.45) is 0 Å². The van der Waals surface area contributed by atoms with E-state index in [2.05, 4.69) is 36.2 Å². The van der Waals surface area contributed by atoms with Gasteiger partial charge >= 0.3 is 0 Å². The van der Waals surface area contributed by atoms with Crippen LogP contribution in [0.25, 0.3) is 5.69 Å². The van der Waals surface area contributed by atoms with Gasteiger partial charge in [0.1, 0.15) is 11.5 Å². The fourth-order valence-corrected chi connectivity index (χ4v) is 3.26. The molecule has 1 N–H and O–H groups in total. The van der Waals surface area contributed by atoms with Crippen molar-refractivity contribution in [1.29, 1.82) is 0 Å². The van der Waals surface area contributed by atoms with Gasteiger partial charge in [0.2, 0.25) is 0 Å². The summed E-state index contributed by atoms with van der Waals surface area (Å²) < 4.78 is 17.9. The highest BCUT2D eigenvalue weighted by molar-refractivity contribution is 5.92. The zero-order valence-electron chi connectivity index (χ0n) is 16.3. The topological polar surface area (TPSA) is 64.7 Å². The van der Waals surface area contributed by atoms with Gasteiger partial charge in [0, 0.05) is 30.6 Å². The summed E-state index contributed by atoms with van der Waals surface area (Å²) in [6, 6.07) is 6.79. The molecule has 0 atom stereocenters. The van der Waals surface area contributed by atoms with Crippen molar-refractivity contribution >= 4 is 5.91 Å². The van der Waals surface area contributed by atoms with Crippen LogP contribution < -0.4 is 5.32 Å². The molecule has 2 heterocycles. The van der Waals surface area contributed by atoms with Crippen LogP contribution in [-0.4, -0.2) is 25.2 Å². The van der Waals surface area contributed by atoms with Gasteiger partial charge in [-0.2, -0.15) is 5.10 Å². The fraction of sp³-hybridized carbons (Fsp3) is 0.381. The molecule has 1 aliphatic carbocycles. The summed E-state index contributed by atoms with van der Waals surface area (Å²) in [5.41, 5.74) is 2.46. The molecular formula is C21H24FN5O. The molecule has 0 spiro atoms.